The number of rotatable bonds is 12. The van der Waals surface area contributed by atoms with Crippen molar-refractivity contribution in [2.75, 3.05) is 20.3 Å². The van der Waals surface area contributed by atoms with Gasteiger partial charge < -0.3 is 14.8 Å². The predicted octanol–water partition coefficient (Wildman–Crippen LogP) is 5.20. The van der Waals surface area contributed by atoms with Crippen molar-refractivity contribution in [3.63, 3.8) is 0 Å². The normalized spacial score (nSPS) is 10.7. The Labute approximate surface area is 140 Å². The first-order valence-electron chi connectivity index (χ1n) is 8.42. The van der Waals surface area contributed by atoms with E-state index in [-0.39, 0.29) is 0 Å². The van der Waals surface area contributed by atoms with E-state index in [4.69, 9.17) is 21.1 Å². The molecule has 0 saturated carbocycles. The molecule has 0 aliphatic rings. The SMILES string of the molecule is CCCCCCCCNCc1cc(OC)c(OCC)cc1Cl. The van der Waals surface area contributed by atoms with Crippen LogP contribution >= 0.6 is 11.6 Å². The fourth-order valence-electron chi connectivity index (χ4n) is 2.39. The van der Waals surface area contributed by atoms with Crippen LogP contribution in [0.15, 0.2) is 12.1 Å². The molecule has 126 valence electrons. The van der Waals surface area contributed by atoms with Crippen LogP contribution in [0.5, 0.6) is 11.5 Å². The van der Waals surface area contributed by atoms with E-state index < -0.39 is 0 Å². The summed E-state index contributed by atoms with van der Waals surface area (Å²) in [5.74, 6) is 1.44. The molecule has 0 fully saturated rings. The third-order valence-electron chi connectivity index (χ3n) is 3.66. The van der Waals surface area contributed by atoms with Crippen molar-refractivity contribution in [3.8, 4) is 11.5 Å². The van der Waals surface area contributed by atoms with Crippen LogP contribution in [0.4, 0.5) is 0 Å². The molecule has 0 atom stereocenters. The zero-order valence-electron chi connectivity index (χ0n) is 14.2. The summed E-state index contributed by atoms with van der Waals surface area (Å²) in [6.45, 7) is 6.58. The van der Waals surface area contributed by atoms with Gasteiger partial charge in [-0.1, -0.05) is 50.6 Å². The predicted molar refractivity (Wildman–Crippen MR) is 94.3 cm³/mol. The zero-order chi connectivity index (χ0) is 16.2. The maximum atomic E-state index is 6.32. The van der Waals surface area contributed by atoms with E-state index >= 15 is 0 Å². The van der Waals surface area contributed by atoms with E-state index in [1.54, 1.807) is 7.11 Å². The smallest absolute Gasteiger partial charge is 0.162 e. The van der Waals surface area contributed by atoms with Crippen molar-refractivity contribution < 1.29 is 9.47 Å². The molecule has 0 amide bonds. The van der Waals surface area contributed by atoms with Crippen LogP contribution in [0.1, 0.15) is 57.9 Å². The number of methoxy groups -OCH3 is 1. The Morgan fingerprint density at radius 3 is 2.41 bits per heavy atom. The molecule has 1 rings (SSSR count). The van der Waals surface area contributed by atoms with Gasteiger partial charge >= 0.3 is 0 Å². The molecule has 1 aromatic rings. The van der Waals surface area contributed by atoms with Crippen molar-refractivity contribution in [2.24, 2.45) is 0 Å². The molecule has 0 spiro atoms. The summed E-state index contributed by atoms with van der Waals surface area (Å²) in [4.78, 5) is 0. The molecule has 0 radical (unpaired) electrons. The summed E-state index contributed by atoms with van der Waals surface area (Å²) < 4.78 is 10.9. The van der Waals surface area contributed by atoms with Crippen molar-refractivity contribution in [3.05, 3.63) is 22.7 Å². The summed E-state index contributed by atoms with van der Waals surface area (Å²) >= 11 is 6.32. The highest BCUT2D eigenvalue weighted by Gasteiger charge is 2.10. The molecule has 0 saturated heterocycles. The Bertz CT molecular complexity index is 424. The lowest BCUT2D eigenvalue weighted by Gasteiger charge is -2.13. The highest BCUT2D eigenvalue weighted by molar-refractivity contribution is 6.31. The van der Waals surface area contributed by atoms with E-state index in [9.17, 15) is 0 Å². The first-order valence-corrected chi connectivity index (χ1v) is 8.80. The molecule has 1 aromatic carbocycles. The summed E-state index contributed by atoms with van der Waals surface area (Å²) in [7, 11) is 1.65. The lowest BCUT2D eigenvalue weighted by molar-refractivity contribution is 0.310. The molecular weight excluding hydrogens is 298 g/mol. The fraction of sp³-hybridized carbons (Fsp3) is 0.667. The lowest BCUT2D eigenvalue weighted by Crippen LogP contribution is -2.15. The summed E-state index contributed by atoms with van der Waals surface area (Å²) in [6, 6.07) is 3.80. The third-order valence-corrected chi connectivity index (χ3v) is 4.01. The van der Waals surface area contributed by atoms with Gasteiger partial charge in [-0.05, 0) is 31.5 Å². The van der Waals surface area contributed by atoms with Crippen molar-refractivity contribution in [1.29, 1.82) is 0 Å². The average molecular weight is 328 g/mol. The summed E-state index contributed by atoms with van der Waals surface area (Å²) in [5.41, 5.74) is 1.05. The Morgan fingerprint density at radius 1 is 1.00 bits per heavy atom. The van der Waals surface area contributed by atoms with Crippen LogP contribution in [0.2, 0.25) is 5.02 Å². The first kappa shape index (κ1) is 19.1. The van der Waals surface area contributed by atoms with Crippen molar-refractivity contribution >= 4 is 11.6 Å². The Balaban J connectivity index is 2.36. The minimum absolute atomic E-state index is 0.600. The highest BCUT2D eigenvalue weighted by Crippen LogP contribution is 2.33. The standard InChI is InChI=1S/C18H30ClNO2/c1-4-6-7-8-9-10-11-20-14-15-12-17(21-3)18(22-5-2)13-16(15)19/h12-13,20H,4-11,14H2,1-3H3. The average Bonchev–Trinajstić information content (AvgIpc) is 2.52. The van der Waals surface area contributed by atoms with Crippen LogP contribution in [0, 0.1) is 0 Å². The van der Waals surface area contributed by atoms with Gasteiger partial charge in [0.25, 0.3) is 0 Å². The van der Waals surface area contributed by atoms with Crippen LogP contribution in [-0.2, 0) is 6.54 Å². The van der Waals surface area contributed by atoms with Crippen LogP contribution in [0.25, 0.3) is 0 Å². The van der Waals surface area contributed by atoms with Crippen LogP contribution < -0.4 is 14.8 Å². The Kier molecular flexibility index (Phi) is 10.1. The van der Waals surface area contributed by atoms with Crippen molar-refractivity contribution in [1.82, 2.24) is 5.32 Å². The van der Waals surface area contributed by atoms with Gasteiger partial charge in [0.05, 0.1) is 13.7 Å². The van der Waals surface area contributed by atoms with E-state index in [0.717, 1.165) is 29.4 Å². The molecule has 4 heteroatoms. The molecule has 0 aliphatic heterocycles. The number of nitrogens with one attached hydrogen (secondary N) is 1. The Hall–Kier alpha value is -0.930. The monoisotopic (exact) mass is 327 g/mol. The van der Waals surface area contributed by atoms with E-state index in [1.165, 1.54) is 38.5 Å². The van der Waals surface area contributed by atoms with Gasteiger partial charge in [0, 0.05) is 17.6 Å². The van der Waals surface area contributed by atoms with Crippen LogP contribution in [-0.4, -0.2) is 20.3 Å². The Morgan fingerprint density at radius 2 is 1.73 bits per heavy atom. The number of unbranched alkanes of at least 4 members (excludes halogenated alkanes) is 5. The molecule has 0 unspecified atom stereocenters. The summed E-state index contributed by atoms with van der Waals surface area (Å²) in [6.07, 6.45) is 7.87. The molecule has 0 heterocycles. The maximum Gasteiger partial charge on any atom is 0.162 e. The second-order valence-electron chi connectivity index (χ2n) is 5.47. The first-order chi connectivity index (χ1) is 10.7. The van der Waals surface area contributed by atoms with Gasteiger partial charge in [-0.15, -0.1) is 0 Å². The molecule has 3 nitrogen and oxygen atoms in total. The number of hydrogen-bond acceptors (Lipinski definition) is 3. The fourth-order valence-corrected chi connectivity index (χ4v) is 2.61. The molecule has 22 heavy (non-hydrogen) atoms. The minimum Gasteiger partial charge on any atom is -0.493 e. The van der Waals surface area contributed by atoms with Crippen molar-refractivity contribution in [2.45, 2.75) is 58.9 Å². The van der Waals surface area contributed by atoms with E-state index in [1.807, 2.05) is 19.1 Å². The lowest BCUT2D eigenvalue weighted by atomic mass is 10.1. The number of hydrogen-bond donors (Lipinski definition) is 1. The van der Waals surface area contributed by atoms with Gasteiger partial charge in [0.1, 0.15) is 0 Å². The van der Waals surface area contributed by atoms with Gasteiger partial charge in [-0.2, -0.15) is 0 Å². The second kappa shape index (κ2) is 11.6. The molecule has 0 bridgehead atoms. The van der Waals surface area contributed by atoms with Gasteiger partial charge in [-0.3, -0.25) is 0 Å². The van der Waals surface area contributed by atoms with E-state index in [0.29, 0.717) is 12.4 Å². The molecule has 0 aliphatic carbocycles. The number of benzene rings is 1. The van der Waals surface area contributed by atoms with Gasteiger partial charge in [0.15, 0.2) is 11.5 Å². The van der Waals surface area contributed by atoms with E-state index in [2.05, 4.69) is 12.2 Å². The zero-order valence-corrected chi connectivity index (χ0v) is 15.0. The molecule has 0 aromatic heterocycles. The van der Waals surface area contributed by atoms with Crippen LogP contribution in [0.3, 0.4) is 0 Å². The summed E-state index contributed by atoms with van der Waals surface area (Å²) in [5, 5.41) is 4.18. The molecular formula is C18H30ClNO2. The third kappa shape index (κ3) is 6.89. The van der Waals surface area contributed by atoms with Gasteiger partial charge in [-0.25, -0.2) is 0 Å². The minimum atomic E-state index is 0.600. The molecule has 1 N–H and O–H groups in total. The number of ether oxygens (including phenoxy) is 2. The highest BCUT2D eigenvalue weighted by atomic mass is 35.5. The largest absolute Gasteiger partial charge is 0.493 e. The topological polar surface area (TPSA) is 30.5 Å². The van der Waals surface area contributed by atoms with Gasteiger partial charge in [0.2, 0.25) is 0 Å². The maximum absolute atomic E-state index is 6.32. The second-order valence-corrected chi connectivity index (χ2v) is 5.88. The quantitative estimate of drug-likeness (QED) is 0.535. The number of halogens is 1.